The van der Waals surface area contributed by atoms with Gasteiger partial charge in [-0.25, -0.2) is 4.68 Å². The van der Waals surface area contributed by atoms with Crippen LogP contribution in [0, 0.1) is 0 Å². The molecule has 1 N–H and O–H groups in total. The molecule has 1 aliphatic rings. The fraction of sp³-hybridized carbons (Fsp3) is 0.174. The number of para-hydroxylation sites is 1. The summed E-state index contributed by atoms with van der Waals surface area (Å²) in [7, 11) is 0. The maximum Gasteiger partial charge on any atom is 0.259 e. The topological polar surface area (TPSA) is 67.2 Å². The number of benzene rings is 2. The Balaban J connectivity index is 1.34. The number of rotatable bonds is 6. The first-order chi connectivity index (χ1) is 14.1. The van der Waals surface area contributed by atoms with Gasteiger partial charge in [0, 0.05) is 29.6 Å². The highest BCUT2D eigenvalue weighted by molar-refractivity contribution is 6.10. The van der Waals surface area contributed by atoms with E-state index in [2.05, 4.69) is 17.0 Å². The largest absolute Gasteiger partial charge is 0.354 e. The third-order valence-electron chi connectivity index (χ3n) is 5.11. The van der Waals surface area contributed by atoms with Crippen molar-refractivity contribution in [2.75, 3.05) is 6.54 Å². The molecule has 0 bridgehead atoms. The molecule has 4 rings (SSSR count). The second kappa shape index (κ2) is 7.75. The number of hydrogen-bond donors (Lipinski definition) is 1. The minimum Gasteiger partial charge on any atom is -0.354 e. The van der Waals surface area contributed by atoms with E-state index in [4.69, 9.17) is 0 Å². The van der Waals surface area contributed by atoms with Gasteiger partial charge in [-0.1, -0.05) is 43.0 Å². The van der Waals surface area contributed by atoms with Crippen LogP contribution in [-0.4, -0.2) is 39.1 Å². The summed E-state index contributed by atoms with van der Waals surface area (Å²) >= 11 is 0. The van der Waals surface area contributed by atoms with E-state index in [1.165, 1.54) is 4.90 Å². The molecule has 1 aliphatic heterocycles. The van der Waals surface area contributed by atoms with Gasteiger partial charge < -0.3 is 5.32 Å². The summed E-state index contributed by atoms with van der Waals surface area (Å²) in [6.45, 7) is 6.19. The van der Waals surface area contributed by atoms with Crippen LogP contribution < -0.4 is 5.32 Å². The fourth-order valence-corrected chi connectivity index (χ4v) is 3.52. The zero-order chi connectivity index (χ0) is 20.4. The number of fused-ring (bicyclic) bond motifs is 1. The first-order valence-electron chi connectivity index (χ1n) is 9.55. The lowest BCUT2D eigenvalue weighted by Crippen LogP contribution is -2.45. The molecule has 0 unspecified atom stereocenters. The van der Waals surface area contributed by atoms with Crippen LogP contribution >= 0.6 is 0 Å². The Labute approximate surface area is 169 Å². The van der Waals surface area contributed by atoms with Crippen molar-refractivity contribution in [1.29, 1.82) is 0 Å². The van der Waals surface area contributed by atoms with Gasteiger partial charge in [0.1, 0.15) is 6.04 Å². The first-order valence-corrected chi connectivity index (χ1v) is 9.55. The van der Waals surface area contributed by atoms with Gasteiger partial charge in [-0.3, -0.25) is 14.5 Å². The van der Waals surface area contributed by atoms with Gasteiger partial charge >= 0.3 is 0 Å². The van der Waals surface area contributed by atoms with Crippen molar-refractivity contribution < 1.29 is 9.59 Å². The van der Waals surface area contributed by atoms with E-state index >= 15 is 0 Å². The molecule has 0 saturated heterocycles. The van der Waals surface area contributed by atoms with Crippen LogP contribution in [0.15, 0.2) is 73.6 Å². The maximum absolute atomic E-state index is 12.7. The van der Waals surface area contributed by atoms with Crippen molar-refractivity contribution >= 4 is 17.5 Å². The fourth-order valence-electron chi connectivity index (χ4n) is 3.52. The summed E-state index contributed by atoms with van der Waals surface area (Å²) in [5, 5.41) is 7.28. The SMILES string of the molecule is C=C1c2ccccc2C(=O)N1[C@H](C)C(=O)NCCc1cnn(-c2ccccc2)c1. The minimum atomic E-state index is -0.630. The molecule has 2 heterocycles. The van der Waals surface area contributed by atoms with E-state index in [0.717, 1.165) is 16.8 Å². The third-order valence-corrected chi connectivity index (χ3v) is 5.11. The van der Waals surface area contributed by atoms with Crippen molar-refractivity contribution in [2.45, 2.75) is 19.4 Å². The summed E-state index contributed by atoms with van der Waals surface area (Å²) in [5.41, 5.74) is 3.95. The number of nitrogens with zero attached hydrogens (tertiary/aromatic N) is 3. The zero-order valence-corrected chi connectivity index (χ0v) is 16.2. The van der Waals surface area contributed by atoms with Gasteiger partial charge in [-0.15, -0.1) is 0 Å². The van der Waals surface area contributed by atoms with Crippen LogP contribution in [0.3, 0.4) is 0 Å². The van der Waals surface area contributed by atoms with E-state index < -0.39 is 6.04 Å². The third kappa shape index (κ3) is 3.57. The quantitative estimate of drug-likeness (QED) is 0.708. The highest BCUT2D eigenvalue weighted by Gasteiger charge is 2.36. The smallest absolute Gasteiger partial charge is 0.259 e. The van der Waals surface area contributed by atoms with Gasteiger partial charge in [-0.2, -0.15) is 5.10 Å². The Hall–Kier alpha value is -3.67. The van der Waals surface area contributed by atoms with Crippen LogP contribution in [0.5, 0.6) is 0 Å². The summed E-state index contributed by atoms with van der Waals surface area (Å²) < 4.78 is 1.81. The Bertz CT molecular complexity index is 1040. The minimum absolute atomic E-state index is 0.183. The molecule has 0 radical (unpaired) electrons. The second-order valence-electron chi connectivity index (χ2n) is 7.01. The van der Waals surface area contributed by atoms with E-state index in [1.54, 1.807) is 19.2 Å². The number of carbonyl (C=O) groups excluding carboxylic acids is 2. The molecule has 6 heteroatoms. The lowest BCUT2D eigenvalue weighted by Gasteiger charge is -2.24. The molecule has 29 heavy (non-hydrogen) atoms. The monoisotopic (exact) mass is 386 g/mol. The molecule has 1 aromatic heterocycles. The molecule has 0 fully saturated rings. The first kappa shape index (κ1) is 18.7. The molecular weight excluding hydrogens is 364 g/mol. The maximum atomic E-state index is 12.7. The molecule has 0 saturated carbocycles. The van der Waals surface area contributed by atoms with Gasteiger partial charge in [-0.05, 0) is 37.1 Å². The lowest BCUT2D eigenvalue weighted by molar-refractivity contribution is -0.124. The zero-order valence-electron chi connectivity index (χ0n) is 16.2. The standard InChI is InChI=1S/C23H22N4O2/c1-16-20-10-6-7-11-21(20)23(29)27(16)17(2)22(28)24-13-12-18-14-25-26(15-18)19-8-4-3-5-9-19/h3-11,14-15,17H,1,12-13H2,2H3,(H,24,28)/t17-/m1/s1. The average molecular weight is 386 g/mol. The van der Waals surface area contributed by atoms with Gasteiger partial charge in [0.15, 0.2) is 0 Å². The highest BCUT2D eigenvalue weighted by atomic mass is 16.2. The van der Waals surface area contributed by atoms with Crippen LogP contribution in [0.1, 0.15) is 28.4 Å². The molecule has 146 valence electrons. The van der Waals surface area contributed by atoms with Crippen molar-refractivity contribution in [3.63, 3.8) is 0 Å². The van der Waals surface area contributed by atoms with Crippen molar-refractivity contribution in [3.8, 4) is 5.69 Å². The number of hydrogen-bond acceptors (Lipinski definition) is 3. The molecule has 0 aliphatic carbocycles. The van der Waals surface area contributed by atoms with E-state index in [-0.39, 0.29) is 11.8 Å². The number of amides is 2. The average Bonchev–Trinajstić information content (AvgIpc) is 3.32. The van der Waals surface area contributed by atoms with E-state index in [1.807, 2.05) is 59.4 Å². The van der Waals surface area contributed by atoms with Crippen molar-refractivity contribution in [2.24, 2.45) is 0 Å². The van der Waals surface area contributed by atoms with E-state index in [9.17, 15) is 9.59 Å². The Kier molecular flexibility index (Phi) is 4.99. The molecular formula is C23H22N4O2. The van der Waals surface area contributed by atoms with Crippen LogP contribution in [-0.2, 0) is 11.2 Å². The molecule has 1 atom stereocenters. The van der Waals surface area contributed by atoms with E-state index in [0.29, 0.717) is 24.2 Å². The Morgan fingerprint density at radius 1 is 1.10 bits per heavy atom. The van der Waals surface area contributed by atoms with Crippen molar-refractivity contribution in [3.05, 3.63) is 90.3 Å². The summed E-state index contributed by atoms with van der Waals surface area (Å²) in [6, 6.07) is 16.5. The second-order valence-corrected chi connectivity index (χ2v) is 7.01. The van der Waals surface area contributed by atoms with Crippen LogP contribution in [0.2, 0.25) is 0 Å². The Morgan fingerprint density at radius 3 is 2.52 bits per heavy atom. The normalized spacial score (nSPS) is 14.0. The summed E-state index contributed by atoms with van der Waals surface area (Å²) in [6.07, 6.45) is 4.40. The summed E-state index contributed by atoms with van der Waals surface area (Å²) in [5.74, 6) is -0.389. The number of nitrogens with one attached hydrogen (secondary N) is 1. The Morgan fingerprint density at radius 2 is 1.79 bits per heavy atom. The highest BCUT2D eigenvalue weighted by Crippen LogP contribution is 2.32. The van der Waals surface area contributed by atoms with Crippen LogP contribution in [0.25, 0.3) is 11.4 Å². The number of carbonyl (C=O) groups is 2. The number of aromatic nitrogens is 2. The van der Waals surface area contributed by atoms with Gasteiger partial charge in [0.05, 0.1) is 11.9 Å². The molecule has 6 nitrogen and oxygen atoms in total. The predicted octanol–water partition coefficient (Wildman–Crippen LogP) is 3.05. The molecule has 0 spiro atoms. The van der Waals surface area contributed by atoms with Gasteiger partial charge in [0.2, 0.25) is 5.91 Å². The lowest BCUT2D eigenvalue weighted by atomic mass is 10.1. The molecule has 3 aromatic rings. The predicted molar refractivity (Wildman–Crippen MR) is 111 cm³/mol. The molecule has 2 aromatic carbocycles. The summed E-state index contributed by atoms with van der Waals surface area (Å²) in [4.78, 5) is 26.7. The van der Waals surface area contributed by atoms with Crippen molar-refractivity contribution in [1.82, 2.24) is 20.0 Å². The van der Waals surface area contributed by atoms with Crippen LogP contribution in [0.4, 0.5) is 0 Å². The van der Waals surface area contributed by atoms with Gasteiger partial charge in [0.25, 0.3) is 5.91 Å². The molecule has 2 amide bonds.